The molecule has 1 fully saturated rings. The van der Waals surface area contributed by atoms with Crippen LogP contribution < -0.4 is 5.32 Å². The monoisotopic (exact) mass is 346 g/mol. The summed E-state index contributed by atoms with van der Waals surface area (Å²) < 4.78 is 13.0. The van der Waals surface area contributed by atoms with Crippen molar-refractivity contribution in [3.63, 3.8) is 0 Å². The molecule has 1 atom stereocenters. The summed E-state index contributed by atoms with van der Waals surface area (Å²) in [7, 11) is 0. The van der Waals surface area contributed by atoms with Gasteiger partial charge in [0.1, 0.15) is 5.82 Å². The van der Waals surface area contributed by atoms with E-state index in [1.165, 1.54) is 29.0 Å². The number of likely N-dealkylation sites (tertiary alicyclic amines) is 1. The summed E-state index contributed by atoms with van der Waals surface area (Å²) in [6.07, 6.45) is 3.24. The highest BCUT2D eigenvalue weighted by atomic mass is 32.1. The van der Waals surface area contributed by atoms with E-state index in [-0.39, 0.29) is 11.7 Å². The molecule has 3 rings (SSSR count). The summed E-state index contributed by atoms with van der Waals surface area (Å²) in [5.41, 5.74) is 1.17. The van der Waals surface area contributed by atoms with Crippen LogP contribution in [0.15, 0.2) is 41.8 Å². The van der Waals surface area contributed by atoms with Gasteiger partial charge in [-0.3, -0.25) is 9.69 Å². The van der Waals surface area contributed by atoms with E-state index < -0.39 is 0 Å². The zero-order valence-corrected chi connectivity index (χ0v) is 14.5. The van der Waals surface area contributed by atoms with Crippen molar-refractivity contribution in [1.82, 2.24) is 10.2 Å². The number of amides is 1. The molecular weight excluding hydrogens is 323 g/mol. The van der Waals surface area contributed by atoms with Crippen molar-refractivity contribution in [2.75, 3.05) is 19.6 Å². The molecular formula is C19H23FN2OS. The lowest BCUT2D eigenvalue weighted by Crippen LogP contribution is -2.42. The first-order valence-corrected chi connectivity index (χ1v) is 9.33. The highest BCUT2D eigenvalue weighted by molar-refractivity contribution is 7.09. The van der Waals surface area contributed by atoms with Gasteiger partial charge in [-0.1, -0.05) is 18.2 Å². The number of halogens is 1. The summed E-state index contributed by atoms with van der Waals surface area (Å²) in [4.78, 5) is 15.5. The molecule has 1 amide bonds. The fraction of sp³-hybridized carbons (Fsp3) is 0.421. The number of nitrogens with zero attached hydrogens (tertiary/aromatic N) is 1. The Morgan fingerprint density at radius 3 is 2.88 bits per heavy atom. The first-order chi connectivity index (χ1) is 11.7. The van der Waals surface area contributed by atoms with E-state index in [4.69, 9.17) is 0 Å². The van der Waals surface area contributed by atoms with Crippen LogP contribution in [0.3, 0.4) is 0 Å². The first kappa shape index (κ1) is 17.1. The molecule has 1 aliphatic rings. The first-order valence-electron chi connectivity index (χ1n) is 8.45. The molecule has 3 nitrogen and oxygen atoms in total. The molecule has 1 aliphatic heterocycles. The van der Waals surface area contributed by atoms with Crippen LogP contribution in [0.5, 0.6) is 0 Å². The average molecular weight is 346 g/mol. The van der Waals surface area contributed by atoms with Crippen LogP contribution in [-0.2, 0) is 17.8 Å². The minimum Gasteiger partial charge on any atom is -0.350 e. The number of benzene rings is 1. The van der Waals surface area contributed by atoms with Gasteiger partial charge in [0.2, 0.25) is 5.91 Å². The van der Waals surface area contributed by atoms with Gasteiger partial charge in [-0.25, -0.2) is 4.39 Å². The van der Waals surface area contributed by atoms with Gasteiger partial charge in [-0.05, 0) is 60.9 Å². The summed E-state index contributed by atoms with van der Waals surface area (Å²) >= 11 is 1.66. The summed E-state index contributed by atoms with van der Waals surface area (Å²) in [6, 6.07) is 10.8. The van der Waals surface area contributed by atoms with E-state index in [9.17, 15) is 9.18 Å². The van der Waals surface area contributed by atoms with E-state index in [1.807, 2.05) is 29.6 Å². The molecule has 0 aliphatic carbocycles. The molecule has 0 radical (unpaired) electrons. The minimum atomic E-state index is -0.188. The largest absolute Gasteiger partial charge is 0.350 e. The smallest absolute Gasteiger partial charge is 0.234 e. The number of piperidine rings is 1. The molecule has 5 heteroatoms. The van der Waals surface area contributed by atoms with Crippen molar-refractivity contribution in [3.8, 4) is 0 Å². The predicted octanol–water partition coefficient (Wildman–Crippen LogP) is 3.46. The van der Waals surface area contributed by atoms with Gasteiger partial charge in [0, 0.05) is 11.4 Å². The fourth-order valence-corrected chi connectivity index (χ4v) is 3.92. The highest BCUT2D eigenvalue weighted by Gasteiger charge is 2.21. The maximum Gasteiger partial charge on any atom is 0.234 e. The van der Waals surface area contributed by atoms with Crippen molar-refractivity contribution in [1.29, 1.82) is 0 Å². The quantitative estimate of drug-likeness (QED) is 0.869. The van der Waals surface area contributed by atoms with Gasteiger partial charge in [0.25, 0.3) is 0 Å². The average Bonchev–Trinajstić information content (AvgIpc) is 3.09. The lowest BCUT2D eigenvalue weighted by molar-refractivity contribution is -0.122. The summed E-state index contributed by atoms with van der Waals surface area (Å²) in [6.45, 7) is 2.99. The Kier molecular flexibility index (Phi) is 5.99. The van der Waals surface area contributed by atoms with Gasteiger partial charge in [0.05, 0.1) is 13.1 Å². The van der Waals surface area contributed by atoms with E-state index in [0.29, 0.717) is 19.0 Å². The van der Waals surface area contributed by atoms with Crippen LogP contribution in [0.4, 0.5) is 4.39 Å². The lowest BCUT2D eigenvalue weighted by atomic mass is 9.91. The van der Waals surface area contributed by atoms with Crippen molar-refractivity contribution in [2.45, 2.75) is 25.8 Å². The molecule has 0 spiro atoms. The lowest BCUT2D eigenvalue weighted by Gasteiger charge is -2.32. The van der Waals surface area contributed by atoms with E-state index in [1.54, 1.807) is 11.3 Å². The molecule has 0 saturated carbocycles. The number of carbonyl (C=O) groups excluding carboxylic acids is 1. The number of hydrogen-bond acceptors (Lipinski definition) is 3. The molecule has 1 aromatic carbocycles. The Morgan fingerprint density at radius 1 is 1.29 bits per heavy atom. The Balaban J connectivity index is 1.44. The van der Waals surface area contributed by atoms with Crippen LogP contribution in [0.25, 0.3) is 0 Å². The van der Waals surface area contributed by atoms with Crippen LogP contribution in [0.1, 0.15) is 23.3 Å². The molecule has 1 aromatic heterocycles. The second-order valence-electron chi connectivity index (χ2n) is 6.43. The Hall–Kier alpha value is -1.72. The number of nitrogens with one attached hydrogen (secondary N) is 1. The Morgan fingerprint density at radius 2 is 2.12 bits per heavy atom. The molecule has 2 aromatic rings. The number of hydrogen-bond donors (Lipinski definition) is 1. The zero-order chi connectivity index (χ0) is 16.8. The van der Waals surface area contributed by atoms with E-state index in [0.717, 1.165) is 25.9 Å². The number of thiophene rings is 1. The van der Waals surface area contributed by atoms with Gasteiger partial charge < -0.3 is 5.32 Å². The Labute approximate surface area is 146 Å². The fourth-order valence-electron chi connectivity index (χ4n) is 3.27. The maximum atomic E-state index is 13.0. The van der Waals surface area contributed by atoms with Crippen molar-refractivity contribution in [2.24, 2.45) is 5.92 Å². The van der Waals surface area contributed by atoms with Crippen molar-refractivity contribution in [3.05, 3.63) is 58.0 Å². The van der Waals surface area contributed by atoms with Gasteiger partial charge in [-0.15, -0.1) is 11.3 Å². The third kappa shape index (κ3) is 5.14. The third-order valence-electron chi connectivity index (χ3n) is 4.45. The van der Waals surface area contributed by atoms with Crippen molar-refractivity contribution >= 4 is 17.2 Å². The van der Waals surface area contributed by atoms with Crippen molar-refractivity contribution < 1.29 is 9.18 Å². The van der Waals surface area contributed by atoms with Gasteiger partial charge in [-0.2, -0.15) is 0 Å². The second kappa shape index (κ2) is 8.40. The second-order valence-corrected chi connectivity index (χ2v) is 7.46. The molecule has 1 unspecified atom stereocenters. The molecule has 2 heterocycles. The molecule has 1 N–H and O–H groups in total. The molecule has 128 valence electrons. The summed E-state index contributed by atoms with van der Waals surface area (Å²) in [5.74, 6) is 0.437. The molecule has 1 saturated heterocycles. The van der Waals surface area contributed by atoms with Gasteiger partial charge in [0.15, 0.2) is 0 Å². The normalized spacial score (nSPS) is 18.5. The SMILES string of the molecule is O=C(CN1CCCC(Cc2ccc(F)cc2)C1)NCc1cccs1. The van der Waals surface area contributed by atoms with Crippen LogP contribution in [-0.4, -0.2) is 30.4 Å². The molecule has 24 heavy (non-hydrogen) atoms. The highest BCUT2D eigenvalue weighted by Crippen LogP contribution is 2.21. The number of carbonyl (C=O) groups is 1. The summed E-state index contributed by atoms with van der Waals surface area (Å²) in [5, 5.41) is 5.01. The standard InChI is InChI=1S/C19H23FN2OS/c20-17-7-5-15(6-8-17)11-16-3-1-9-22(13-16)14-19(23)21-12-18-4-2-10-24-18/h2,4-8,10,16H,1,3,9,11-14H2,(H,21,23). The topological polar surface area (TPSA) is 32.3 Å². The molecule has 0 bridgehead atoms. The van der Waals surface area contributed by atoms with Gasteiger partial charge >= 0.3 is 0 Å². The number of rotatable bonds is 6. The zero-order valence-electron chi connectivity index (χ0n) is 13.7. The van der Waals surface area contributed by atoms with Crippen LogP contribution in [0, 0.1) is 11.7 Å². The predicted molar refractivity (Wildman–Crippen MR) is 95.4 cm³/mol. The van der Waals surface area contributed by atoms with E-state index in [2.05, 4.69) is 10.2 Å². The maximum absolute atomic E-state index is 13.0. The van der Waals surface area contributed by atoms with Crippen LogP contribution in [0.2, 0.25) is 0 Å². The van der Waals surface area contributed by atoms with Crippen LogP contribution >= 0.6 is 11.3 Å². The Bertz CT molecular complexity index is 642. The third-order valence-corrected chi connectivity index (χ3v) is 5.32. The minimum absolute atomic E-state index is 0.0887. The van der Waals surface area contributed by atoms with E-state index >= 15 is 0 Å².